The van der Waals surface area contributed by atoms with E-state index in [1.54, 1.807) is 19.1 Å². The van der Waals surface area contributed by atoms with Crippen LogP contribution >= 0.6 is 0 Å². The minimum absolute atomic E-state index is 0.0547. The van der Waals surface area contributed by atoms with Gasteiger partial charge < -0.3 is 15.5 Å². The summed E-state index contributed by atoms with van der Waals surface area (Å²) >= 11 is 0. The largest absolute Gasteiger partial charge is 0.420 e. The molecule has 33 heavy (non-hydrogen) atoms. The third kappa shape index (κ3) is 5.69. The van der Waals surface area contributed by atoms with E-state index >= 15 is 0 Å². The van der Waals surface area contributed by atoms with Gasteiger partial charge in [0.2, 0.25) is 21.8 Å². The standard InChI is InChI=1S/C23H30N6O3S/c1-4-33(30,31)29-20-12-17(11-19(26-20)25-13-18-10-14(18)2)23-28-27-22(32-23)15(3)21(24)16-8-6-5-7-9-16/h5-9,11-12,14-15,18,21H,4,10,13,24H2,1-3H3,(H2,25,26,29). The van der Waals surface area contributed by atoms with Gasteiger partial charge >= 0.3 is 0 Å². The second kappa shape index (κ2) is 9.48. The molecule has 9 nitrogen and oxygen atoms in total. The van der Waals surface area contributed by atoms with Crippen molar-refractivity contribution < 1.29 is 12.8 Å². The first-order valence-corrected chi connectivity index (χ1v) is 12.8. The first kappa shape index (κ1) is 23.2. The third-order valence-corrected chi connectivity index (χ3v) is 7.37. The fourth-order valence-electron chi connectivity index (χ4n) is 3.60. The third-order valence-electron chi connectivity index (χ3n) is 6.09. The number of pyridine rings is 1. The van der Waals surface area contributed by atoms with Gasteiger partial charge in [0.15, 0.2) is 0 Å². The van der Waals surface area contributed by atoms with Crippen molar-refractivity contribution in [3.05, 3.63) is 53.9 Å². The number of hydrogen-bond acceptors (Lipinski definition) is 8. The summed E-state index contributed by atoms with van der Waals surface area (Å²) in [7, 11) is -3.49. The monoisotopic (exact) mass is 470 g/mol. The Morgan fingerprint density at radius 2 is 1.88 bits per heavy atom. The highest BCUT2D eigenvalue weighted by atomic mass is 32.2. The Balaban J connectivity index is 1.59. The highest BCUT2D eigenvalue weighted by Crippen LogP contribution is 2.38. The van der Waals surface area contributed by atoms with Crippen molar-refractivity contribution in [2.75, 3.05) is 22.3 Å². The van der Waals surface area contributed by atoms with Crippen molar-refractivity contribution in [2.45, 2.75) is 39.2 Å². The summed E-state index contributed by atoms with van der Waals surface area (Å²) < 4.78 is 32.7. The van der Waals surface area contributed by atoms with Gasteiger partial charge in [-0.3, -0.25) is 4.72 Å². The summed E-state index contributed by atoms with van der Waals surface area (Å²) in [5.41, 5.74) is 7.96. The predicted octanol–water partition coefficient (Wildman–Crippen LogP) is 3.76. The zero-order chi connectivity index (χ0) is 23.6. The number of sulfonamides is 1. The lowest BCUT2D eigenvalue weighted by Crippen LogP contribution is -2.17. The summed E-state index contributed by atoms with van der Waals surface area (Å²) in [6.07, 6.45) is 1.18. The summed E-state index contributed by atoms with van der Waals surface area (Å²) in [5, 5.41) is 11.7. The van der Waals surface area contributed by atoms with Crippen LogP contribution in [0.15, 0.2) is 46.9 Å². The van der Waals surface area contributed by atoms with E-state index in [0.717, 1.165) is 12.1 Å². The maximum atomic E-state index is 12.1. The number of benzene rings is 1. The predicted molar refractivity (Wildman–Crippen MR) is 128 cm³/mol. The summed E-state index contributed by atoms with van der Waals surface area (Å²) in [4.78, 5) is 4.42. The number of nitrogens with two attached hydrogens (primary N) is 1. The topological polar surface area (TPSA) is 136 Å². The quantitative estimate of drug-likeness (QED) is 0.407. The maximum Gasteiger partial charge on any atom is 0.248 e. The molecule has 1 saturated carbocycles. The first-order valence-electron chi connectivity index (χ1n) is 11.2. The van der Waals surface area contributed by atoms with Crippen LogP contribution in [0.3, 0.4) is 0 Å². The zero-order valence-electron chi connectivity index (χ0n) is 19.0. The minimum atomic E-state index is -3.49. The number of anilines is 2. The lowest BCUT2D eigenvalue weighted by Gasteiger charge is -2.16. The van der Waals surface area contributed by atoms with Gasteiger partial charge in [-0.15, -0.1) is 10.2 Å². The highest BCUT2D eigenvalue weighted by molar-refractivity contribution is 7.92. The van der Waals surface area contributed by atoms with Crippen molar-refractivity contribution in [1.29, 1.82) is 0 Å². The fourth-order valence-corrected chi connectivity index (χ4v) is 4.17. The molecule has 0 radical (unpaired) electrons. The number of nitrogens with one attached hydrogen (secondary N) is 2. The Morgan fingerprint density at radius 3 is 2.55 bits per heavy atom. The van der Waals surface area contributed by atoms with Gasteiger partial charge in [0.1, 0.15) is 11.6 Å². The molecule has 4 rings (SSSR count). The zero-order valence-corrected chi connectivity index (χ0v) is 19.8. The van der Waals surface area contributed by atoms with Crippen LogP contribution in [-0.4, -0.2) is 35.9 Å². The van der Waals surface area contributed by atoms with E-state index in [1.807, 2.05) is 37.3 Å². The van der Waals surface area contributed by atoms with E-state index < -0.39 is 10.0 Å². The van der Waals surface area contributed by atoms with Crippen molar-refractivity contribution in [2.24, 2.45) is 17.6 Å². The van der Waals surface area contributed by atoms with E-state index in [4.69, 9.17) is 10.2 Å². The van der Waals surface area contributed by atoms with Gasteiger partial charge in [0, 0.05) is 18.2 Å². The molecule has 176 valence electrons. The molecular formula is C23H30N6O3S. The fraction of sp³-hybridized carbons (Fsp3) is 0.435. The number of rotatable bonds is 10. The Bertz CT molecular complexity index is 1200. The van der Waals surface area contributed by atoms with Crippen LogP contribution in [-0.2, 0) is 10.0 Å². The molecule has 0 saturated heterocycles. The highest BCUT2D eigenvalue weighted by Gasteiger charge is 2.32. The van der Waals surface area contributed by atoms with Crippen LogP contribution < -0.4 is 15.8 Å². The Morgan fingerprint density at radius 1 is 1.18 bits per heavy atom. The Kier molecular flexibility index (Phi) is 6.66. The van der Waals surface area contributed by atoms with Crippen LogP contribution in [0.25, 0.3) is 11.5 Å². The minimum Gasteiger partial charge on any atom is -0.420 e. The molecule has 1 fully saturated rings. The number of nitrogens with zero attached hydrogens (tertiary/aromatic N) is 3. The molecule has 0 bridgehead atoms. The first-order chi connectivity index (χ1) is 15.8. The molecule has 10 heteroatoms. The molecule has 3 aromatic rings. The van der Waals surface area contributed by atoms with E-state index in [0.29, 0.717) is 29.1 Å². The normalized spacial score (nSPS) is 19.6. The average molecular weight is 471 g/mol. The van der Waals surface area contributed by atoms with Crippen LogP contribution in [0, 0.1) is 11.8 Å². The molecule has 1 aliphatic rings. The number of hydrogen-bond donors (Lipinski definition) is 3. The molecule has 0 spiro atoms. The second-order valence-electron chi connectivity index (χ2n) is 8.66. The van der Waals surface area contributed by atoms with Crippen molar-refractivity contribution in [3.63, 3.8) is 0 Å². The van der Waals surface area contributed by atoms with Gasteiger partial charge in [-0.2, -0.15) is 0 Å². The summed E-state index contributed by atoms with van der Waals surface area (Å²) in [6.45, 7) is 6.49. The molecule has 2 aromatic heterocycles. The van der Waals surface area contributed by atoms with Gasteiger partial charge in [-0.1, -0.05) is 44.2 Å². The molecule has 1 aromatic carbocycles. The molecule has 0 amide bonds. The smallest absolute Gasteiger partial charge is 0.248 e. The Hall–Kier alpha value is -2.98. The van der Waals surface area contributed by atoms with E-state index in [9.17, 15) is 8.42 Å². The van der Waals surface area contributed by atoms with E-state index in [1.165, 1.54) is 6.42 Å². The van der Waals surface area contributed by atoms with Crippen molar-refractivity contribution >= 4 is 21.7 Å². The van der Waals surface area contributed by atoms with E-state index in [2.05, 4.69) is 32.1 Å². The van der Waals surface area contributed by atoms with Gasteiger partial charge in [-0.05, 0) is 42.9 Å². The van der Waals surface area contributed by atoms with Gasteiger partial charge in [-0.25, -0.2) is 13.4 Å². The van der Waals surface area contributed by atoms with E-state index in [-0.39, 0.29) is 29.4 Å². The summed E-state index contributed by atoms with van der Waals surface area (Å²) in [5.74, 6) is 2.47. The Labute approximate surface area is 194 Å². The SMILES string of the molecule is CCS(=O)(=O)Nc1cc(-c2nnc(C(C)C(N)c3ccccc3)o2)cc(NCC2CC2C)n1. The van der Waals surface area contributed by atoms with Crippen LogP contribution in [0.4, 0.5) is 11.6 Å². The second-order valence-corrected chi connectivity index (χ2v) is 10.7. The molecule has 4 atom stereocenters. The van der Waals surface area contributed by atoms with Gasteiger partial charge in [0.05, 0.1) is 11.7 Å². The van der Waals surface area contributed by atoms with Gasteiger partial charge in [0.25, 0.3) is 0 Å². The molecular weight excluding hydrogens is 440 g/mol. The molecule has 1 aliphatic carbocycles. The molecule has 0 aliphatic heterocycles. The van der Waals surface area contributed by atoms with Crippen molar-refractivity contribution in [3.8, 4) is 11.5 Å². The van der Waals surface area contributed by atoms with Crippen LogP contribution in [0.2, 0.25) is 0 Å². The van der Waals surface area contributed by atoms with Crippen LogP contribution in [0.5, 0.6) is 0 Å². The molecule has 4 N–H and O–H groups in total. The molecule has 2 heterocycles. The van der Waals surface area contributed by atoms with Crippen molar-refractivity contribution in [1.82, 2.24) is 15.2 Å². The maximum absolute atomic E-state index is 12.1. The lowest BCUT2D eigenvalue weighted by atomic mass is 9.95. The van der Waals surface area contributed by atoms with Crippen LogP contribution in [0.1, 0.15) is 50.6 Å². The average Bonchev–Trinajstić information content (AvgIpc) is 3.30. The number of aromatic nitrogens is 3. The lowest BCUT2D eigenvalue weighted by molar-refractivity contribution is 0.431. The summed E-state index contributed by atoms with van der Waals surface area (Å²) in [6, 6.07) is 12.8. The molecule has 4 unspecified atom stereocenters.